The smallest absolute Gasteiger partial charge is 0.338 e. The first-order valence-corrected chi connectivity index (χ1v) is 10.6. The lowest BCUT2D eigenvalue weighted by molar-refractivity contribution is 0.00695. The Hall–Kier alpha value is -4.18. The molecule has 33 heavy (non-hydrogen) atoms. The Kier molecular flexibility index (Phi) is 6.09. The van der Waals surface area contributed by atoms with E-state index in [4.69, 9.17) is 4.74 Å². The van der Waals surface area contributed by atoms with Crippen LogP contribution in [0.2, 0.25) is 0 Å². The van der Waals surface area contributed by atoms with Crippen LogP contribution < -0.4 is 5.56 Å². The van der Waals surface area contributed by atoms with E-state index in [2.05, 4.69) is 22.2 Å². The maximum absolute atomic E-state index is 12.6. The topological polar surface area (TPSA) is 79.0 Å². The van der Waals surface area contributed by atoms with Crippen LogP contribution in [0.1, 0.15) is 42.3 Å². The highest BCUT2D eigenvalue weighted by atomic mass is 16.6. The number of esters is 1. The zero-order chi connectivity index (χ0) is 23.4. The molecule has 166 valence electrons. The Morgan fingerprint density at radius 2 is 1.85 bits per heavy atom. The predicted molar refractivity (Wildman–Crippen MR) is 126 cm³/mol. The van der Waals surface area contributed by atoms with Crippen molar-refractivity contribution >= 4 is 16.7 Å². The average molecular weight is 441 g/mol. The molecule has 7 heteroatoms. The van der Waals surface area contributed by atoms with Gasteiger partial charge < -0.3 is 9.30 Å². The molecular formula is C26H24N4O3. The third-order valence-electron chi connectivity index (χ3n) is 4.83. The van der Waals surface area contributed by atoms with Crippen LogP contribution in [-0.4, -0.2) is 31.1 Å². The van der Waals surface area contributed by atoms with Crippen molar-refractivity contribution in [2.24, 2.45) is 0 Å². The molecule has 7 nitrogen and oxygen atoms in total. The fraction of sp³-hybridized carbons (Fsp3) is 0.231. The normalized spacial score (nSPS) is 11.1. The standard InChI is InChI=1S/C26H24N4O3/c1-26(2,3)33-25(32)21-9-7-20(8-10-21)17-29-18-23-15-19(6-11-22(23)16-24(29)31)5-4-13-30-14-12-27-28-30/h6-12,14-16,18H,13,17H2,1-3H3. The summed E-state index contributed by atoms with van der Waals surface area (Å²) >= 11 is 0. The molecule has 0 fully saturated rings. The lowest BCUT2D eigenvalue weighted by atomic mass is 10.1. The van der Waals surface area contributed by atoms with Crippen LogP contribution in [0.4, 0.5) is 0 Å². The van der Waals surface area contributed by atoms with Gasteiger partial charge in [0, 0.05) is 24.0 Å². The van der Waals surface area contributed by atoms with Gasteiger partial charge in [0.1, 0.15) is 12.1 Å². The molecule has 0 aliphatic rings. The Balaban J connectivity index is 1.52. The van der Waals surface area contributed by atoms with Gasteiger partial charge in [0.2, 0.25) is 0 Å². The van der Waals surface area contributed by atoms with Crippen LogP contribution >= 0.6 is 0 Å². The summed E-state index contributed by atoms with van der Waals surface area (Å²) in [4.78, 5) is 24.8. The van der Waals surface area contributed by atoms with E-state index >= 15 is 0 Å². The summed E-state index contributed by atoms with van der Waals surface area (Å²) in [6.45, 7) is 6.35. The van der Waals surface area contributed by atoms with Gasteiger partial charge in [-0.2, -0.15) is 0 Å². The Bertz CT molecular complexity index is 1400. The van der Waals surface area contributed by atoms with Crippen molar-refractivity contribution in [2.45, 2.75) is 39.5 Å². The van der Waals surface area contributed by atoms with E-state index in [0.29, 0.717) is 18.7 Å². The van der Waals surface area contributed by atoms with E-state index in [-0.39, 0.29) is 11.5 Å². The molecule has 0 saturated heterocycles. The summed E-state index contributed by atoms with van der Waals surface area (Å²) in [6, 6.07) is 14.5. The van der Waals surface area contributed by atoms with Crippen molar-refractivity contribution in [3.63, 3.8) is 0 Å². The van der Waals surface area contributed by atoms with Crippen molar-refractivity contribution in [3.05, 3.63) is 94.2 Å². The summed E-state index contributed by atoms with van der Waals surface area (Å²) in [5, 5.41) is 9.43. The zero-order valence-electron chi connectivity index (χ0n) is 18.8. The van der Waals surface area contributed by atoms with Gasteiger partial charge in [0.05, 0.1) is 18.3 Å². The van der Waals surface area contributed by atoms with Crippen molar-refractivity contribution in [2.75, 3.05) is 0 Å². The highest BCUT2D eigenvalue weighted by Gasteiger charge is 2.17. The number of ether oxygens (including phenoxy) is 1. The van der Waals surface area contributed by atoms with Crippen LogP contribution in [0.25, 0.3) is 10.8 Å². The molecule has 0 aliphatic carbocycles. The number of aromatic nitrogens is 4. The molecular weight excluding hydrogens is 416 g/mol. The molecule has 4 rings (SSSR count). The maximum Gasteiger partial charge on any atom is 0.338 e. The molecule has 0 amide bonds. The van der Waals surface area contributed by atoms with Gasteiger partial charge in [-0.15, -0.1) is 5.10 Å². The zero-order valence-corrected chi connectivity index (χ0v) is 18.8. The summed E-state index contributed by atoms with van der Waals surface area (Å²) in [5.41, 5.74) is 1.60. The number of fused-ring (bicyclic) bond motifs is 1. The highest BCUT2D eigenvalue weighted by molar-refractivity contribution is 5.89. The van der Waals surface area contributed by atoms with Crippen LogP contribution in [0.5, 0.6) is 0 Å². The first-order chi connectivity index (χ1) is 15.8. The monoisotopic (exact) mass is 440 g/mol. The number of benzene rings is 2. The summed E-state index contributed by atoms with van der Waals surface area (Å²) in [7, 11) is 0. The Morgan fingerprint density at radius 3 is 2.55 bits per heavy atom. The molecule has 4 aromatic rings. The number of rotatable bonds is 4. The van der Waals surface area contributed by atoms with Gasteiger partial charge in [0.15, 0.2) is 0 Å². The van der Waals surface area contributed by atoms with Crippen molar-refractivity contribution in [1.29, 1.82) is 0 Å². The van der Waals surface area contributed by atoms with Crippen LogP contribution in [-0.2, 0) is 17.8 Å². The predicted octanol–water partition coefficient (Wildman–Crippen LogP) is 3.65. The van der Waals surface area contributed by atoms with E-state index < -0.39 is 5.60 Å². The molecule has 2 aromatic heterocycles. The Labute approximate surface area is 191 Å². The molecule has 0 atom stereocenters. The van der Waals surface area contributed by atoms with Gasteiger partial charge in [-0.05, 0) is 61.4 Å². The third-order valence-corrected chi connectivity index (χ3v) is 4.83. The fourth-order valence-electron chi connectivity index (χ4n) is 3.29. The molecule has 2 heterocycles. The maximum atomic E-state index is 12.6. The second-order valence-corrected chi connectivity index (χ2v) is 8.68. The highest BCUT2D eigenvalue weighted by Crippen LogP contribution is 2.16. The molecule has 0 bridgehead atoms. The van der Waals surface area contributed by atoms with Crippen LogP contribution in [0, 0.1) is 11.8 Å². The minimum Gasteiger partial charge on any atom is -0.456 e. The van der Waals surface area contributed by atoms with Gasteiger partial charge in [-0.1, -0.05) is 35.3 Å². The lowest BCUT2D eigenvalue weighted by Crippen LogP contribution is -2.24. The molecule has 2 aromatic carbocycles. The lowest BCUT2D eigenvalue weighted by Gasteiger charge is -2.19. The van der Waals surface area contributed by atoms with E-state index in [1.807, 2.05) is 57.3 Å². The molecule has 0 unspecified atom stereocenters. The van der Waals surface area contributed by atoms with E-state index in [1.165, 1.54) is 0 Å². The van der Waals surface area contributed by atoms with E-state index in [1.54, 1.807) is 39.8 Å². The second-order valence-electron chi connectivity index (χ2n) is 8.68. The van der Waals surface area contributed by atoms with Gasteiger partial charge in [0.25, 0.3) is 5.56 Å². The number of pyridine rings is 1. The number of carbonyl (C=O) groups excluding carboxylic acids is 1. The number of carbonyl (C=O) groups is 1. The number of nitrogens with zero attached hydrogens (tertiary/aromatic N) is 4. The van der Waals surface area contributed by atoms with Crippen LogP contribution in [0.3, 0.4) is 0 Å². The summed E-state index contributed by atoms with van der Waals surface area (Å²) < 4.78 is 8.70. The Morgan fingerprint density at radius 1 is 1.06 bits per heavy atom. The van der Waals surface area contributed by atoms with Crippen LogP contribution in [0.15, 0.2) is 71.9 Å². The van der Waals surface area contributed by atoms with Gasteiger partial charge >= 0.3 is 5.97 Å². The first kappa shape index (κ1) is 22.0. The SMILES string of the molecule is CC(C)(C)OC(=O)c1ccc(Cn2cc3cc(C#CCn4ccnn4)ccc3cc2=O)cc1. The minimum absolute atomic E-state index is 0.0938. The van der Waals surface area contributed by atoms with E-state index in [0.717, 1.165) is 21.9 Å². The minimum atomic E-state index is -0.548. The molecule has 0 radical (unpaired) electrons. The second kappa shape index (κ2) is 9.13. The molecule has 0 N–H and O–H groups in total. The average Bonchev–Trinajstić information content (AvgIpc) is 3.27. The molecule has 0 spiro atoms. The van der Waals surface area contributed by atoms with Gasteiger partial charge in [-0.3, -0.25) is 4.79 Å². The molecule has 0 aliphatic heterocycles. The summed E-state index contributed by atoms with van der Waals surface area (Å²) in [6.07, 6.45) is 5.21. The van der Waals surface area contributed by atoms with Crippen molar-refractivity contribution in [3.8, 4) is 11.8 Å². The number of hydrogen-bond donors (Lipinski definition) is 0. The third kappa shape index (κ3) is 5.74. The summed E-state index contributed by atoms with van der Waals surface area (Å²) in [5.74, 6) is 5.82. The molecule has 0 saturated carbocycles. The number of hydrogen-bond acceptors (Lipinski definition) is 5. The quantitative estimate of drug-likeness (QED) is 0.358. The largest absolute Gasteiger partial charge is 0.456 e. The van der Waals surface area contributed by atoms with Gasteiger partial charge in [-0.25, -0.2) is 9.48 Å². The van der Waals surface area contributed by atoms with Crippen molar-refractivity contribution in [1.82, 2.24) is 19.6 Å². The fourth-order valence-corrected chi connectivity index (χ4v) is 3.29. The first-order valence-electron chi connectivity index (χ1n) is 10.6. The van der Waals surface area contributed by atoms with E-state index in [9.17, 15) is 9.59 Å². The van der Waals surface area contributed by atoms with Crippen molar-refractivity contribution < 1.29 is 9.53 Å².